The number of hydrazone groups is 1. The maximum absolute atomic E-state index is 13.2. The number of nitrogens with zero attached hydrogens (tertiary/aromatic N) is 3. The van der Waals surface area contributed by atoms with Crippen molar-refractivity contribution < 1.29 is 9.18 Å². The maximum Gasteiger partial charge on any atom is 0.332 e. The summed E-state index contributed by atoms with van der Waals surface area (Å²) in [6.45, 7) is 0. The van der Waals surface area contributed by atoms with Crippen LogP contribution in [0, 0.1) is 5.82 Å². The molecule has 3 N–H and O–H groups in total. The zero-order valence-electron chi connectivity index (χ0n) is 12.6. The first-order chi connectivity index (χ1) is 11.6. The van der Waals surface area contributed by atoms with Crippen molar-refractivity contribution in [1.29, 1.82) is 0 Å². The van der Waals surface area contributed by atoms with Crippen LogP contribution >= 0.6 is 0 Å². The fraction of sp³-hybridized carbons (Fsp3) is 0. The fourth-order valence-electron chi connectivity index (χ4n) is 2.19. The largest absolute Gasteiger partial charge is 0.350 e. The Morgan fingerprint density at radius 3 is 2.54 bits per heavy atom. The molecule has 2 aromatic carbocycles. The zero-order valence-corrected chi connectivity index (χ0v) is 12.6. The van der Waals surface area contributed by atoms with E-state index in [9.17, 15) is 9.18 Å². The lowest BCUT2D eigenvalue weighted by Crippen LogP contribution is -2.24. The molecule has 7 heteroatoms. The van der Waals surface area contributed by atoms with Crippen LogP contribution in [0.25, 0.3) is 16.9 Å². The van der Waals surface area contributed by atoms with E-state index in [0.717, 1.165) is 11.3 Å². The molecule has 0 aliphatic rings. The summed E-state index contributed by atoms with van der Waals surface area (Å²) in [6, 6.07) is 14.7. The molecule has 0 aliphatic carbocycles. The standard InChI is InChI=1S/C17H14FN5O/c18-14-8-6-12(7-9-14)16-13(10-20-21-17(19)24)11-23(22-16)15-4-2-1-3-5-15/h1-11H,(H3,19,21,24). The minimum atomic E-state index is -0.759. The number of rotatable bonds is 4. The highest BCUT2D eigenvalue weighted by Crippen LogP contribution is 2.23. The summed E-state index contributed by atoms with van der Waals surface area (Å²) in [4.78, 5) is 10.7. The number of aromatic nitrogens is 2. The minimum Gasteiger partial charge on any atom is -0.350 e. The first kappa shape index (κ1) is 15.4. The van der Waals surface area contributed by atoms with E-state index < -0.39 is 6.03 Å². The highest BCUT2D eigenvalue weighted by Gasteiger charge is 2.11. The topological polar surface area (TPSA) is 85.3 Å². The van der Waals surface area contributed by atoms with Crippen LogP contribution in [0.1, 0.15) is 5.56 Å². The SMILES string of the molecule is NC(=O)NN=Cc1cn(-c2ccccc2)nc1-c1ccc(F)cc1. The molecule has 3 rings (SSSR count). The molecule has 1 heterocycles. The number of carbonyl (C=O) groups is 1. The van der Waals surface area contributed by atoms with Crippen molar-refractivity contribution in [3.8, 4) is 16.9 Å². The number of hydrogen-bond donors (Lipinski definition) is 2. The van der Waals surface area contributed by atoms with Crippen molar-refractivity contribution in [1.82, 2.24) is 15.2 Å². The van der Waals surface area contributed by atoms with Crippen molar-refractivity contribution in [2.24, 2.45) is 10.8 Å². The van der Waals surface area contributed by atoms with Gasteiger partial charge in [0.1, 0.15) is 11.5 Å². The van der Waals surface area contributed by atoms with Crippen molar-refractivity contribution in [3.05, 3.63) is 72.2 Å². The van der Waals surface area contributed by atoms with Gasteiger partial charge in [-0.2, -0.15) is 10.2 Å². The molecular formula is C17H14FN5O. The average Bonchev–Trinajstić information content (AvgIpc) is 3.00. The number of hydrogen-bond acceptors (Lipinski definition) is 3. The summed E-state index contributed by atoms with van der Waals surface area (Å²) in [6.07, 6.45) is 3.20. The number of nitrogens with one attached hydrogen (secondary N) is 1. The van der Waals surface area contributed by atoms with E-state index in [4.69, 9.17) is 5.73 Å². The molecule has 0 radical (unpaired) electrons. The molecule has 0 unspecified atom stereocenters. The lowest BCUT2D eigenvalue weighted by molar-refractivity contribution is 0.249. The van der Waals surface area contributed by atoms with Crippen LogP contribution in [0.15, 0.2) is 65.9 Å². The Balaban J connectivity index is 2.04. The van der Waals surface area contributed by atoms with Crippen LogP contribution in [0.5, 0.6) is 0 Å². The normalized spacial score (nSPS) is 10.9. The van der Waals surface area contributed by atoms with E-state index in [1.165, 1.54) is 18.3 Å². The van der Waals surface area contributed by atoms with Gasteiger partial charge in [0, 0.05) is 17.3 Å². The van der Waals surface area contributed by atoms with Crippen LogP contribution in [0.2, 0.25) is 0 Å². The third-order valence-corrected chi connectivity index (χ3v) is 3.26. The van der Waals surface area contributed by atoms with E-state index in [1.54, 1.807) is 23.0 Å². The van der Waals surface area contributed by atoms with Gasteiger partial charge < -0.3 is 5.73 Å². The Kier molecular flexibility index (Phi) is 4.33. The van der Waals surface area contributed by atoms with Crippen molar-refractivity contribution in [3.63, 3.8) is 0 Å². The van der Waals surface area contributed by atoms with Gasteiger partial charge in [-0.15, -0.1) is 0 Å². The molecule has 120 valence electrons. The highest BCUT2D eigenvalue weighted by molar-refractivity contribution is 5.89. The summed E-state index contributed by atoms with van der Waals surface area (Å²) in [7, 11) is 0. The second kappa shape index (κ2) is 6.74. The number of benzene rings is 2. The molecule has 0 bridgehead atoms. The Morgan fingerprint density at radius 2 is 1.88 bits per heavy atom. The summed E-state index contributed by atoms with van der Waals surface area (Å²) >= 11 is 0. The smallest absolute Gasteiger partial charge is 0.332 e. The third-order valence-electron chi connectivity index (χ3n) is 3.26. The van der Waals surface area contributed by atoms with Crippen molar-refractivity contribution in [2.45, 2.75) is 0 Å². The van der Waals surface area contributed by atoms with E-state index in [2.05, 4.69) is 15.6 Å². The molecule has 0 atom stereocenters. The summed E-state index contributed by atoms with van der Waals surface area (Å²) in [5.41, 5.74) is 9.98. The quantitative estimate of drug-likeness (QED) is 0.571. The van der Waals surface area contributed by atoms with Crippen LogP contribution in [-0.2, 0) is 0 Å². The van der Waals surface area contributed by atoms with Gasteiger partial charge in [0.25, 0.3) is 0 Å². The second-order valence-corrected chi connectivity index (χ2v) is 4.95. The van der Waals surface area contributed by atoms with E-state index >= 15 is 0 Å². The van der Waals surface area contributed by atoms with Gasteiger partial charge >= 0.3 is 6.03 Å². The van der Waals surface area contributed by atoms with Crippen LogP contribution in [0.4, 0.5) is 9.18 Å². The van der Waals surface area contributed by atoms with Gasteiger partial charge in [0.15, 0.2) is 0 Å². The van der Waals surface area contributed by atoms with E-state index in [1.807, 2.05) is 30.3 Å². The molecule has 3 aromatic rings. The molecule has 0 spiro atoms. The average molecular weight is 323 g/mol. The monoisotopic (exact) mass is 323 g/mol. The summed E-state index contributed by atoms with van der Waals surface area (Å²) in [5.74, 6) is -0.327. The van der Waals surface area contributed by atoms with Gasteiger partial charge in [-0.1, -0.05) is 18.2 Å². The summed E-state index contributed by atoms with van der Waals surface area (Å²) < 4.78 is 14.8. The fourth-order valence-corrected chi connectivity index (χ4v) is 2.19. The number of nitrogens with two attached hydrogens (primary N) is 1. The number of carbonyl (C=O) groups excluding carboxylic acids is 1. The molecule has 1 aromatic heterocycles. The van der Waals surface area contributed by atoms with Gasteiger partial charge in [0.05, 0.1) is 11.9 Å². The van der Waals surface area contributed by atoms with Crippen LogP contribution in [-0.4, -0.2) is 22.0 Å². The van der Waals surface area contributed by atoms with Crippen LogP contribution in [0.3, 0.4) is 0 Å². The molecule has 2 amide bonds. The van der Waals surface area contributed by atoms with Gasteiger partial charge in [-0.3, -0.25) is 0 Å². The Morgan fingerprint density at radius 1 is 1.17 bits per heavy atom. The molecule has 0 saturated carbocycles. The number of amides is 2. The number of halogens is 1. The third kappa shape index (κ3) is 3.46. The first-order valence-electron chi connectivity index (χ1n) is 7.13. The predicted octanol–water partition coefficient (Wildman–Crippen LogP) is 2.68. The number of para-hydroxylation sites is 1. The molecule has 0 aliphatic heterocycles. The van der Waals surface area contributed by atoms with Crippen molar-refractivity contribution in [2.75, 3.05) is 0 Å². The Hall–Kier alpha value is -3.48. The van der Waals surface area contributed by atoms with Gasteiger partial charge in [0.2, 0.25) is 0 Å². The molecular weight excluding hydrogens is 309 g/mol. The lowest BCUT2D eigenvalue weighted by Gasteiger charge is -2.00. The highest BCUT2D eigenvalue weighted by atomic mass is 19.1. The predicted molar refractivity (Wildman–Crippen MR) is 89.3 cm³/mol. The van der Waals surface area contributed by atoms with E-state index in [0.29, 0.717) is 11.3 Å². The zero-order chi connectivity index (χ0) is 16.9. The van der Waals surface area contributed by atoms with Crippen molar-refractivity contribution >= 4 is 12.2 Å². The van der Waals surface area contributed by atoms with Gasteiger partial charge in [-0.05, 0) is 36.4 Å². The molecule has 24 heavy (non-hydrogen) atoms. The number of urea groups is 1. The minimum absolute atomic E-state index is 0.327. The molecule has 0 saturated heterocycles. The molecule has 0 fully saturated rings. The van der Waals surface area contributed by atoms with Crippen LogP contribution < -0.4 is 11.2 Å². The molecule has 6 nitrogen and oxygen atoms in total. The Bertz CT molecular complexity index is 872. The van der Waals surface area contributed by atoms with Gasteiger partial charge in [-0.25, -0.2) is 19.3 Å². The Labute approximate surface area is 137 Å². The maximum atomic E-state index is 13.2. The number of primary amides is 1. The second-order valence-electron chi connectivity index (χ2n) is 4.95. The lowest BCUT2D eigenvalue weighted by atomic mass is 10.1. The van der Waals surface area contributed by atoms with E-state index in [-0.39, 0.29) is 5.82 Å². The summed E-state index contributed by atoms with van der Waals surface area (Å²) in [5, 5.41) is 8.31. The first-order valence-corrected chi connectivity index (χ1v) is 7.13.